The molecule has 40 valence electrons. The molecule has 1 aliphatic rings. The van der Waals surface area contributed by atoms with Gasteiger partial charge in [-0.05, 0) is 11.0 Å². The molecule has 0 N–H and O–H groups in total. The number of hydrogen-bond donors (Lipinski definition) is 0. The van der Waals surface area contributed by atoms with Crippen LogP contribution in [0.5, 0.6) is 0 Å². The van der Waals surface area contributed by atoms with Crippen molar-refractivity contribution in [1.29, 1.82) is 0 Å². The van der Waals surface area contributed by atoms with Crippen LogP contribution < -0.4 is 0 Å². The molecule has 0 saturated carbocycles. The minimum atomic E-state index is -0.274. The van der Waals surface area contributed by atoms with Gasteiger partial charge in [0.05, 0.1) is 0 Å². The molecule has 0 spiro atoms. The van der Waals surface area contributed by atoms with E-state index in [4.69, 9.17) is 0 Å². The third-order valence-corrected chi connectivity index (χ3v) is 10.1. The molecule has 1 fully saturated rings. The summed E-state index contributed by atoms with van der Waals surface area (Å²) in [4.78, 5) is 0. The maximum atomic E-state index is 2.42. The van der Waals surface area contributed by atoms with E-state index in [1.165, 1.54) is 5.75 Å². The highest BCUT2D eigenvalue weighted by atomic mass is 32.5. The van der Waals surface area contributed by atoms with Gasteiger partial charge in [-0.3, -0.25) is 0 Å². The van der Waals surface area contributed by atoms with Crippen LogP contribution in [0.2, 0.25) is 5.79 Å². The Kier molecular flexibility index (Phi) is 2.44. The molecular formula is C4H9AlS2. The topological polar surface area (TPSA) is 0 Å². The molecule has 1 aliphatic heterocycles. The fourth-order valence-corrected chi connectivity index (χ4v) is 10.6. The molecule has 0 amide bonds. The van der Waals surface area contributed by atoms with E-state index >= 15 is 0 Å². The van der Waals surface area contributed by atoms with Gasteiger partial charge in [-0.25, -0.2) is 20.3 Å². The van der Waals surface area contributed by atoms with E-state index in [1.54, 1.807) is 0 Å². The third kappa shape index (κ3) is 1.89. The summed E-state index contributed by atoms with van der Waals surface area (Å²) in [6.07, 6.45) is 0. The number of hydrogen-bond acceptors (Lipinski definition) is 2. The highest BCUT2D eigenvalue weighted by molar-refractivity contribution is 8.56. The predicted octanol–water partition coefficient (Wildman–Crippen LogP) is 1.97. The van der Waals surface area contributed by atoms with Crippen LogP contribution >= 0.6 is 20.3 Å². The first-order chi connectivity index (χ1) is 3.29. The molecular weight excluding hydrogens is 139 g/mol. The molecule has 0 radical (unpaired) electrons. The highest BCUT2D eigenvalue weighted by Gasteiger charge is 2.23. The first-order valence-electron chi connectivity index (χ1n) is 2.56. The molecule has 7 heavy (non-hydrogen) atoms. The van der Waals surface area contributed by atoms with Gasteiger partial charge in [0.1, 0.15) is 0 Å². The largest absolute Gasteiger partial charge is 0.426 e. The van der Waals surface area contributed by atoms with Crippen molar-refractivity contribution in [2.75, 3.05) is 5.75 Å². The summed E-state index contributed by atoms with van der Waals surface area (Å²) < 4.78 is 0. The molecule has 0 aromatic heterocycles. The Hall–Kier alpha value is 1.23. The Bertz CT molecular complexity index is 58.7. The molecule has 1 heterocycles. The molecule has 0 bridgehead atoms. The molecule has 1 saturated heterocycles. The SMILES string of the molecule is CC1C[S][Al]([CH3])[S]1. The highest BCUT2D eigenvalue weighted by Crippen LogP contribution is 2.33. The molecule has 1 unspecified atom stereocenters. The van der Waals surface area contributed by atoms with Crippen molar-refractivity contribution >= 4 is 32.1 Å². The Morgan fingerprint density at radius 1 is 1.71 bits per heavy atom. The zero-order valence-electron chi connectivity index (χ0n) is 4.68. The van der Waals surface area contributed by atoms with E-state index in [1.807, 2.05) is 0 Å². The molecule has 0 aliphatic carbocycles. The quantitative estimate of drug-likeness (QED) is 0.482. The molecule has 0 nitrogen and oxygen atoms in total. The molecule has 0 aromatic carbocycles. The van der Waals surface area contributed by atoms with Gasteiger partial charge in [-0.2, -0.15) is 0 Å². The van der Waals surface area contributed by atoms with Crippen LogP contribution in [0.25, 0.3) is 0 Å². The zero-order chi connectivity index (χ0) is 5.28. The molecule has 1 rings (SSSR count). The summed E-state index contributed by atoms with van der Waals surface area (Å²) >= 11 is -0.274. The van der Waals surface area contributed by atoms with Crippen LogP contribution in [-0.2, 0) is 0 Å². The second-order valence-corrected chi connectivity index (χ2v) is 11.7. The van der Waals surface area contributed by atoms with E-state index in [0.29, 0.717) is 0 Å². The predicted molar refractivity (Wildman–Crippen MR) is 41.1 cm³/mol. The first-order valence-corrected chi connectivity index (χ1v) is 8.53. The van der Waals surface area contributed by atoms with Gasteiger partial charge in [-0.1, -0.05) is 12.7 Å². The second kappa shape index (κ2) is 2.68. The van der Waals surface area contributed by atoms with E-state index in [2.05, 4.69) is 33.0 Å². The van der Waals surface area contributed by atoms with Gasteiger partial charge in [-0.15, -0.1) is 0 Å². The van der Waals surface area contributed by atoms with Crippen molar-refractivity contribution in [1.82, 2.24) is 0 Å². The lowest BCUT2D eigenvalue weighted by Gasteiger charge is -1.93. The average molecular weight is 148 g/mol. The normalized spacial score (nSPS) is 31.7. The summed E-state index contributed by atoms with van der Waals surface area (Å²) in [6, 6.07) is 0. The van der Waals surface area contributed by atoms with Gasteiger partial charge < -0.3 is 0 Å². The van der Waals surface area contributed by atoms with Gasteiger partial charge in [0.25, 0.3) is 0 Å². The lowest BCUT2D eigenvalue weighted by molar-refractivity contribution is 1.15. The van der Waals surface area contributed by atoms with Crippen molar-refractivity contribution in [2.45, 2.75) is 18.0 Å². The lowest BCUT2D eigenvalue weighted by atomic mass is 10.6. The van der Waals surface area contributed by atoms with Crippen LogP contribution in [0.15, 0.2) is 0 Å². The fraction of sp³-hybridized carbons (Fsp3) is 1.00. The van der Waals surface area contributed by atoms with Gasteiger partial charge in [0, 0.05) is 0 Å². The minimum Gasteiger partial charge on any atom is -0.240 e. The van der Waals surface area contributed by atoms with E-state index < -0.39 is 0 Å². The van der Waals surface area contributed by atoms with E-state index in [0.717, 1.165) is 5.25 Å². The molecule has 1 atom stereocenters. The first kappa shape index (κ1) is 6.35. The Labute approximate surface area is 55.9 Å². The lowest BCUT2D eigenvalue weighted by Crippen LogP contribution is -1.90. The van der Waals surface area contributed by atoms with Crippen molar-refractivity contribution in [3.05, 3.63) is 0 Å². The zero-order valence-corrected chi connectivity index (χ0v) is 7.47. The standard InChI is InChI=1S/C3H8S2.CH3.Al/c1-3(5)2-4;;/h3-5H,2H2,1H3;1H3;/q;;+2/p-2. The second-order valence-electron chi connectivity index (χ2n) is 1.85. The smallest absolute Gasteiger partial charge is 0.240 e. The summed E-state index contributed by atoms with van der Waals surface area (Å²) in [5.41, 5.74) is 0. The van der Waals surface area contributed by atoms with Crippen LogP contribution in [-0.4, -0.2) is 22.9 Å². The Morgan fingerprint density at radius 3 is 2.57 bits per heavy atom. The summed E-state index contributed by atoms with van der Waals surface area (Å²) in [7, 11) is 4.43. The van der Waals surface area contributed by atoms with E-state index in [-0.39, 0.29) is 11.9 Å². The van der Waals surface area contributed by atoms with Crippen molar-refractivity contribution in [3.8, 4) is 0 Å². The van der Waals surface area contributed by atoms with Crippen molar-refractivity contribution in [3.63, 3.8) is 0 Å². The van der Waals surface area contributed by atoms with Crippen LogP contribution in [0.1, 0.15) is 6.92 Å². The van der Waals surface area contributed by atoms with E-state index in [9.17, 15) is 0 Å². The minimum absolute atomic E-state index is 0.274. The van der Waals surface area contributed by atoms with Crippen molar-refractivity contribution in [2.24, 2.45) is 0 Å². The van der Waals surface area contributed by atoms with Crippen LogP contribution in [0, 0.1) is 0 Å². The van der Waals surface area contributed by atoms with Gasteiger partial charge in [0.2, 0.25) is 0 Å². The Morgan fingerprint density at radius 2 is 2.43 bits per heavy atom. The van der Waals surface area contributed by atoms with Gasteiger partial charge >= 0.3 is 11.9 Å². The monoisotopic (exact) mass is 148 g/mol. The van der Waals surface area contributed by atoms with Crippen LogP contribution in [0.3, 0.4) is 0 Å². The van der Waals surface area contributed by atoms with Gasteiger partial charge in [0.15, 0.2) is 0 Å². The average Bonchev–Trinajstić information content (AvgIpc) is 1.87. The number of rotatable bonds is 0. The molecule has 3 heteroatoms. The molecule has 0 aromatic rings. The van der Waals surface area contributed by atoms with Crippen LogP contribution in [0.4, 0.5) is 0 Å². The van der Waals surface area contributed by atoms with Crippen molar-refractivity contribution < 1.29 is 0 Å². The summed E-state index contributed by atoms with van der Waals surface area (Å²) in [5, 5.41) is 0.965. The summed E-state index contributed by atoms with van der Waals surface area (Å²) in [6.45, 7) is 2.33. The maximum Gasteiger partial charge on any atom is 0.426 e. The third-order valence-electron chi connectivity index (χ3n) is 0.990. The fourth-order valence-electron chi connectivity index (χ4n) is 0.677. The maximum absolute atomic E-state index is 2.42. The Balaban J connectivity index is 2.26. The summed E-state index contributed by atoms with van der Waals surface area (Å²) in [5.74, 6) is 3.83.